The summed E-state index contributed by atoms with van der Waals surface area (Å²) in [5.41, 5.74) is 4.35. The fourth-order valence-corrected chi connectivity index (χ4v) is 4.42. The van der Waals surface area contributed by atoms with E-state index in [9.17, 15) is 0 Å². The second-order valence-electron chi connectivity index (χ2n) is 8.11. The van der Waals surface area contributed by atoms with Crippen LogP contribution in [0.25, 0.3) is 22.3 Å². The number of rotatable bonds is 6. The minimum absolute atomic E-state index is 0.756. The Balaban J connectivity index is 1.39. The van der Waals surface area contributed by atoms with Gasteiger partial charge in [-0.1, -0.05) is 36.4 Å². The molecule has 5 rings (SSSR count). The van der Waals surface area contributed by atoms with Crippen molar-refractivity contribution < 1.29 is 13.9 Å². The van der Waals surface area contributed by atoms with Gasteiger partial charge in [0.1, 0.15) is 11.5 Å². The van der Waals surface area contributed by atoms with Crippen molar-refractivity contribution in [3.05, 3.63) is 78.4 Å². The van der Waals surface area contributed by atoms with Gasteiger partial charge >= 0.3 is 0 Å². The summed E-state index contributed by atoms with van der Waals surface area (Å²) in [6, 6.07) is 24.9. The molecule has 4 aromatic rings. The van der Waals surface area contributed by atoms with Gasteiger partial charge in [-0.2, -0.15) is 0 Å². The molecule has 164 valence electrons. The second-order valence-corrected chi connectivity index (χ2v) is 8.11. The van der Waals surface area contributed by atoms with Crippen molar-refractivity contribution >= 4 is 16.7 Å². The molecule has 3 aromatic carbocycles. The molecular formula is C27H28N2O3. The van der Waals surface area contributed by atoms with Crippen molar-refractivity contribution in [3.8, 4) is 22.8 Å². The van der Waals surface area contributed by atoms with Crippen LogP contribution in [0.5, 0.6) is 11.5 Å². The van der Waals surface area contributed by atoms with Crippen LogP contribution >= 0.6 is 0 Å². The lowest BCUT2D eigenvalue weighted by Gasteiger charge is -2.36. The maximum absolute atomic E-state index is 6.27. The third kappa shape index (κ3) is 4.04. The number of anilines is 1. The third-order valence-corrected chi connectivity index (χ3v) is 6.20. The van der Waals surface area contributed by atoms with Crippen LogP contribution in [0.2, 0.25) is 0 Å². The summed E-state index contributed by atoms with van der Waals surface area (Å²) in [4.78, 5) is 4.97. The number of furan rings is 1. The van der Waals surface area contributed by atoms with Crippen molar-refractivity contribution in [3.63, 3.8) is 0 Å². The van der Waals surface area contributed by atoms with Gasteiger partial charge in [0.15, 0.2) is 11.3 Å². The molecule has 0 saturated carbocycles. The Morgan fingerprint density at radius 2 is 1.62 bits per heavy atom. The predicted molar refractivity (Wildman–Crippen MR) is 129 cm³/mol. The first-order valence-corrected chi connectivity index (χ1v) is 11.0. The molecule has 1 aliphatic heterocycles. The van der Waals surface area contributed by atoms with Gasteiger partial charge in [-0.3, -0.25) is 4.90 Å². The van der Waals surface area contributed by atoms with E-state index in [-0.39, 0.29) is 0 Å². The normalized spacial score (nSPS) is 14.6. The summed E-state index contributed by atoms with van der Waals surface area (Å²) in [5, 5.41) is 1.10. The van der Waals surface area contributed by atoms with E-state index >= 15 is 0 Å². The average Bonchev–Trinajstić information content (AvgIpc) is 3.31. The van der Waals surface area contributed by atoms with Crippen molar-refractivity contribution in [2.75, 3.05) is 45.3 Å². The lowest BCUT2D eigenvalue weighted by Crippen LogP contribution is -2.45. The van der Waals surface area contributed by atoms with Gasteiger partial charge in [-0.15, -0.1) is 0 Å². The third-order valence-electron chi connectivity index (χ3n) is 6.20. The highest BCUT2D eigenvalue weighted by Gasteiger charge is 2.20. The summed E-state index contributed by atoms with van der Waals surface area (Å²) in [6.07, 6.45) is 0. The molecule has 0 N–H and O–H groups in total. The lowest BCUT2D eigenvalue weighted by molar-refractivity contribution is 0.250. The van der Waals surface area contributed by atoms with Crippen molar-refractivity contribution in [1.82, 2.24) is 4.90 Å². The summed E-state index contributed by atoms with van der Waals surface area (Å²) in [6.45, 7) is 5.01. The molecule has 5 heteroatoms. The zero-order chi connectivity index (χ0) is 21.9. The number of benzene rings is 3. The standard InChI is InChI=1S/C27H28N2O3/c1-30-23-10-6-7-20(17-23)26-18-24-21(11-12-25(31-2)27(24)32-26)19-28-13-15-29(16-14-28)22-8-4-3-5-9-22/h3-12,17-18H,13-16,19H2,1-2H3. The smallest absolute Gasteiger partial charge is 0.176 e. The number of hydrogen-bond donors (Lipinski definition) is 0. The monoisotopic (exact) mass is 428 g/mol. The second kappa shape index (κ2) is 8.97. The summed E-state index contributed by atoms with van der Waals surface area (Å²) < 4.78 is 17.2. The molecule has 1 aliphatic rings. The molecule has 1 saturated heterocycles. The van der Waals surface area contributed by atoms with Gasteiger partial charge in [-0.25, -0.2) is 0 Å². The number of nitrogens with zero attached hydrogens (tertiary/aromatic N) is 2. The van der Waals surface area contributed by atoms with E-state index in [0.29, 0.717) is 0 Å². The van der Waals surface area contributed by atoms with E-state index < -0.39 is 0 Å². The van der Waals surface area contributed by atoms with Crippen LogP contribution in [-0.4, -0.2) is 45.3 Å². The van der Waals surface area contributed by atoms with Gasteiger partial charge in [-0.05, 0) is 42.0 Å². The SMILES string of the molecule is COc1cccc(-c2cc3c(CN4CCN(c5ccccc5)CC4)ccc(OC)c3o2)c1. The van der Waals surface area contributed by atoms with E-state index in [1.54, 1.807) is 14.2 Å². The van der Waals surface area contributed by atoms with E-state index in [2.05, 4.69) is 52.3 Å². The van der Waals surface area contributed by atoms with Gasteiger partial charge < -0.3 is 18.8 Å². The van der Waals surface area contributed by atoms with Crippen LogP contribution in [0.3, 0.4) is 0 Å². The lowest BCUT2D eigenvalue weighted by atomic mass is 10.1. The molecule has 0 spiro atoms. The quantitative estimate of drug-likeness (QED) is 0.409. The van der Waals surface area contributed by atoms with Gasteiger partial charge in [0.2, 0.25) is 0 Å². The maximum atomic E-state index is 6.27. The van der Waals surface area contributed by atoms with Crippen LogP contribution in [0.15, 0.2) is 77.2 Å². The van der Waals surface area contributed by atoms with Gasteiger partial charge in [0.05, 0.1) is 14.2 Å². The van der Waals surface area contributed by atoms with Crippen molar-refractivity contribution in [1.29, 1.82) is 0 Å². The zero-order valence-corrected chi connectivity index (χ0v) is 18.6. The molecule has 0 radical (unpaired) electrons. The number of ether oxygens (including phenoxy) is 2. The number of para-hydroxylation sites is 1. The molecule has 0 atom stereocenters. The summed E-state index contributed by atoms with van der Waals surface area (Å²) >= 11 is 0. The first-order chi connectivity index (χ1) is 15.7. The highest BCUT2D eigenvalue weighted by Crippen LogP contribution is 2.37. The Bertz CT molecular complexity index is 1190. The highest BCUT2D eigenvalue weighted by atomic mass is 16.5. The molecule has 1 aromatic heterocycles. The molecule has 5 nitrogen and oxygen atoms in total. The minimum atomic E-state index is 0.756. The van der Waals surface area contributed by atoms with E-state index in [4.69, 9.17) is 13.9 Å². The highest BCUT2D eigenvalue weighted by molar-refractivity contribution is 5.90. The Hall–Kier alpha value is -3.44. The largest absolute Gasteiger partial charge is 0.497 e. The summed E-state index contributed by atoms with van der Waals surface area (Å²) in [5.74, 6) is 2.39. The van der Waals surface area contributed by atoms with Crippen LogP contribution in [-0.2, 0) is 6.54 Å². The molecule has 0 bridgehead atoms. The Morgan fingerprint density at radius 1 is 0.812 bits per heavy atom. The Morgan fingerprint density at radius 3 is 2.38 bits per heavy atom. The minimum Gasteiger partial charge on any atom is -0.497 e. The van der Waals surface area contributed by atoms with Gasteiger partial charge in [0, 0.05) is 49.4 Å². The molecule has 0 amide bonds. The zero-order valence-electron chi connectivity index (χ0n) is 18.6. The Kier molecular flexibility index (Phi) is 5.73. The topological polar surface area (TPSA) is 38.1 Å². The first-order valence-electron chi connectivity index (χ1n) is 11.0. The first kappa shape index (κ1) is 20.5. The molecule has 1 fully saturated rings. The fraction of sp³-hybridized carbons (Fsp3) is 0.259. The molecule has 0 aliphatic carbocycles. The molecule has 0 unspecified atom stereocenters. The number of methoxy groups -OCH3 is 2. The van der Waals surface area contributed by atoms with Crippen LogP contribution in [0.1, 0.15) is 5.56 Å². The number of fused-ring (bicyclic) bond motifs is 1. The van der Waals surface area contributed by atoms with Crippen LogP contribution < -0.4 is 14.4 Å². The predicted octanol–water partition coefficient (Wildman–Crippen LogP) is 5.44. The van der Waals surface area contributed by atoms with Crippen LogP contribution in [0, 0.1) is 0 Å². The van der Waals surface area contributed by atoms with E-state index in [0.717, 1.165) is 66.5 Å². The van der Waals surface area contributed by atoms with E-state index in [1.807, 2.05) is 30.3 Å². The maximum Gasteiger partial charge on any atom is 0.176 e. The number of piperazine rings is 1. The Labute approximate surface area is 188 Å². The molecule has 32 heavy (non-hydrogen) atoms. The van der Waals surface area contributed by atoms with Crippen molar-refractivity contribution in [2.24, 2.45) is 0 Å². The number of hydrogen-bond acceptors (Lipinski definition) is 5. The molecular weight excluding hydrogens is 400 g/mol. The van der Waals surface area contributed by atoms with Crippen molar-refractivity contribution in [2.45, 2.75) is 6.54 Å². The fourth-order valence-electron chi connectivity index (χ4n) is 4.42. The van der Waals surface area contributed by atoms with Gasteiger partial charge in [0.25, 0.3) is 0 Å². The van der Waals surface area contributed by atoms with Crippen LogP contribution in [0.4, 0.5) is 5.69 Å². The average molecular weight is 429 g/mol. The molecule has 2 heterocycles. The van der Waals surface area contributed by atoms with E-state index in [1.165, 1.54) is 11.3 Å². The summed E-state index contributed by atoms with van der Waals surface area (Å²) in [7, 11) is 3.36.